The summed E-state index contributed by atoms with van der Waals surface area (Å²) in [7, 11) is -3.33. The Hall–Kier alpha value is -1.82. The number of sulfone groups is 1. The number of fused-ring (bicyclic) bond motifs is 1. The molecule has 3 aromatic rings. The Balaban J connectivity index is 2.27. The van der Waals surface area contributed by atoms with Crippen molar-refractivity contribution in [3.05, 3.63) is 63.8 Å². The molecule has 0 atom stereocenters. The van der Waals surface area contributed by atoms with E-state index in [4.69, 9.17) is 23.2 Å². The molecule has 2 aromatic carbocycles. The number of aromatic nitrogens is 1. The van der Waals surface area contributed by atoms with Crippen molar-refractivity contribution in [1.82, 2.24) is 4.57 Å². The van der Waals surface area contributed by atoms with Crippen molar-refractivity contribution in [2.75, 3.05) is 6.26 Å². The van der Waals surface area contributed by atoms with Gasteiger partial charge in [0.2, 0.25) is 0 Å². The van der Waals surface area contributed by atoms with Crippen LogP contribution in [0.15, 0.2) is 47.4 Å². The number of hydrogen-bond donors (Lipinski definition) is 0. The Morgan fingerprint density at radius 2 is 1.73 bits per heavy atom. The van der Waals surface area contributed by atoms with Gasteiger partial charge in [-0.3, -0.25) is 9.36 Å². The van der Waals surface area contributed by atoms with Gasteiger partial charge in [0.05, 0.1) is 26.0 Å². The number of hydrogen-bond acceptors (Lipinski definition) is 3. The number of carbonyl (C=O) groups excluding carboxylic acids is 1. The standard InChI is InChI=1S/C19H17Cl2NO3S/c1-3-5-13-10-12-11-14(26(2,24)25)8-9-17(12)22(13)19(23)18-15(20)6-4-7-16(18)21/h4,6-11H,3,5H2,1-2H3. The van der Waals surface area contributed by atoms with Crippen LogP contribution in [0.2, 0.25) is 10.0 Å². The Morgan fingerprint density at radius 3 is 2.31 bits per heavy atom. The molecule has 0 N–H and O–H groups in total. The lowest BCUT2D eigenvalue weighted by atomic mass is 10.2. The maximum Gasteiger partial charge on any atom is 0.265 e. The van der Waals surface area contributed by atoms with Crippen LogP contribution in [0.1, 0.15) is 29.4 Å². The molecule has 0 aliphatic heterocycles. The van der Waals surface area contributed by atoms with E-state index in [0.29, 0.717) is 17.3 Å². The van der Waals surface area contributed by atoms with E-state index >= 15 is 0 Å². The quantitative estimate of drug-likeness (QED) is 0.609. The third kappa shape index (κ3) is 3.39. The number of carbonyl (C=O) groups is 1. The van der Waals surface area contributed by atoms with Gasteiger partial charge >= 0.3 is 0 Å². The van der Waals surface area contributed by atoms with Crippen molar-refractivity contribution in [3.63, 3.8) is 0 Å². The van der Waals surface area contributed by atoms with Gasteiger partial charge in [-0.2, -0.15) is 0 Å². The first-order valence-corrected chi connectivity index (χ1v) is 10.7. The molecule has 4 nitrogen and oxygen atoms in total. The Labute approximate surface area is 162 Å². The van der Waals surface area contributed by atoms with Gasteiger partial charge in [0.1, 0.15) is 0 Å². The number of benzene rings is 2. The second-order valence-electron chi connectivity index (χ2n) is 6.12. The Kier molecular flexibility index (Phi) is 5.15. The summed E-state index contributed by atoms with van der Waals surface area (Å²) in [5, 5.41) is 1.24. The second kappa shape index (κ2) is 7.06. The third-order valence-corrected chi connectivity index (χ3v) is 5.90. The number of aryl methyl sites for hydroxylation is 1. The van der Waals surface area contributed by atoms with E-state index in [1.807, 2.05) is 13.0 Å². The molecule has 0 amide bonds. The van der Waals surface area contributed by atoms with Gasteiger partial charge in [0.25, 0.3) is 5.91 Å². The predicted molar refractivity (Wildman–Crippen MR) is 105 cm³/mol. The highest BCUT2D eigenvalue weighted by Gasteiger charge is 2.22. The van der Waals surface area contributed by atoms with E-state index in [9.17, 15) is 13.2 Å². The van der Waals surface area contributed by atoms with E-state index in [1.165, 1.54) is 6.07 Å². The molecule has 0 fully saturated rings. The van der Waals surface area contributed by atoms with Gasteiger partial charge in [-0.05, 0) is 42.8 Å². The lowest BCUT2D eigenvalue weighted by molar-refractivity contribution is 0.0962. The van der Waals surface area contributed by atoms with Gasteiger partial charge in [-0.15, -0.1) is 0 Å². The molecule has 0 spiro atoms. The second-order valence-corrected chi connectivity index (χ2v) is 8.95. The average Bonchev–Trinajstić information content (AvgIpc) is 2.91. The fraction of sp³-hybridized carbons (Fsp3) is 0.211. The highest BCUT2D eigenvalue weighted by Crippen LogP contribution is 2.30. The first-order chi connectivity index (χ1) is 12.2. The molecule has 136 valence electrons. The van der Waals surface area contributed by atoms with Gasteiger partial charge in [-0.25, -0.2) is 8.42 Å². The van der Waals surface area contributed by atoms with Crippen LogP contribution >= 0.6 is 23.2 Å². The molecule has 0 aliphatic carbocycles. The van der Waals surface area contributed by atoms with Crippen LogP contribution in [0.5, 0.6) is 0 Å². The van der Waals surface area contributed by atoms with E-state index in [-0.39, 0.29) is 26.4 Å². The third-order valence-electron chi connectivity index (χ3n) is 4.16. The molecule has 1 aromatic heterocycles. The summed E-state index contributed by atoms with van der Waals surface area (Å²) in [5.74, 6) is -0.328. The summed E-state index contributed by atoms with van der Waals surface area (Å²) in [6.07, 6.45) is 2.66. The van der Waals surface area contributed by atoms with Crippen LogP contribution in [0.25, 0.3) is 10.9 Å². The van der Waals surface area contributed by atoms with E-state index < -0.39 is 9.84 Å². The van der Waals surface area contributed by atoms with Crippen molar-refractivity contribution in [2.24, 2.45) is 0 Å². The van der Waals surface area contributed by atoms with Crippen LogP contribution in [-0.2, 0) is 16.3 Å². The van der Waals surface area contributed by atoms with Crippen LogP contribution < -0.4 is 0 Å². The fourth-order valence-electron chi connectivity index (χ4n) is 2.98. The SMILES string of the molecule is CCCc1cc2cc(S(C)(=O)=O)ccc2n1C(=O)c1c(Cl)cccc1Cl. The molecule has 0 radical (unpaired) electrons. The minimum atomic E-state index is -3.33. The predicted octanol–water partition coefficient (Wildman–Crippen LogP) is 4.99. The van der Waals surface area contributed by atoms with Crippen molar-refractivity contribution >= 4 is 49.8 Å². The number of halogens is 2. The van der Waals surface area contributed by atoms with E-state index in [2.05, 4.69) is 0 Å². The first-order valence-electron chi connectivity index (χ1n) is 8.07. The number of nitrogens with zero attached hydrogens (tertiary/aromatic N) is 1. The summed E-state index contributed by atoms with van der Waals surface area (Å²) in [6.45, 7) is 2.01. The van der Waals surface area contributed by atoms with Crippen LogP contribution in [0, 0.1) is 0 Å². The van der Waals surface area contributed by atoms with E-state index in [1.54, 1.807) is 34.9 Å². The molecule has 26 heavy (non-hydrogen) atoms. The molecule has 0 unspecified atom stereocenters. The smallest absolute Gasteiger partial charge is 0.265 e. The van der Waals surface area contributed by atoms with Crippen molar-refractivity contribution < 1.29 is 13.2 Å². The van der Waals surface area contributed by atoms with Gasteiger partial charge in [0.15, 0.2) is 9.84 Å². The number of rotatable bonds is 4. The molecule has 7 heteroatoms. The molecule has 1 heterocycles. The normalized spacial score (nSPS) is 11.8. The topological polar surface area (TPSA) is 56.1 Å². The maximum atomic E-state index is 13.2. The van der Waals surface area contributed by atoms with Crippen LogP contribution in [0.3, 0.4) is 0 Å². The molecule has 0 saturated carbocycles. The lowest BCUT2D eigenvalue weighted by Crippen LogP contribution is -2.16. The van der Waals surface area contributed by atoms with Crippen molar-refractivity contribution in [3.8, 4) is 0 Å². The monoisotopic (exact) mass is 409 g/mol. The fourth-order valence-corrected chi connectivity index (χ4v) is 4.19. The summed E-state index contributed by atoms with van der Waals surface area (Å²) >= 11 is 12.4. The first kappa shape index (κ1) is 19.0. The zero-order valence-corrected chi connectivity index (χ0v) is 16.6. The van der Waals surface area contributed by atoms with E-state index in [0.717, 1.165) is 18.4 Å². The molecular weight excluding hydrogens is 393 g/mol. The van der Waals surface area contributed by atoms with Gasteiger partial charge in [-0.1, -0.05) is 42.6 Å². The molecule has 0 bridgehead atoms. The zero-order chi connectivity index (χ0) is 19.1. The van der Waals surface area contributed by atoms with Crippen molar-refractivity contribution in [1.29, 1.82) is 0 Å². The Bertz CT molecular complexity index is 1100. The van der Waals surface area contributed by atoms with Crippen LogP contribution in [0.4, 0.5) is 0 Å². The van der Waals surface area contributed by atoms with Crippen molar-refractivity contribution in [2.45, 2.75) is 24.7 Å². The highest BCUT2D eigenvalue weighted by atomic mass is 35.5. The lowest BCUT2D eigenvalue weighted by Gasteiger charge is -2.12. The zero-order valence-electron chi connectivity index (χ0n) is 14.3. The molecule has 0 aliphatic rings. The summed E-state index contributed by atoms with van der Waals surface area (Å²) < 4.78 is 25.2. The molecule has 0 saturated heterocycles. The highest BCUT2D eigenvalue weighted by molar-refractivity contribution is 7.90. The largest absolute Gasteiger partial charge is 0.280 e. The summed E-state index contributed by atoms with van der Waals surface area (Å²) in [5.41, 5.74) is 1.65. The minimum absolute atomic E-state index is 0.216. The maximum absolute atomic E-state index is 13.2. The molecule has 3 rings (SSSR count). The van der Waals surface area contributed by atoms with Crippen LogP contribution in [-0.4, -0.2) is 25.1 Å². The summed E-state index contributed by atoms with van der Waals surface area (Å²) in [4.78, 5) is 13.4. The molecular formula is C19H17Cl2NO3S. The minimum Gasteiger partial charge on any atom is -0.280 e. The summed E-state index contributed by atoms with van der Waals surface area (Å²) in [6, 6.07) is 11.5. The average molecular weight is 410 g/mol. The van der Waals surface area contributed by atoms with Gasteiger partial charge < -0.3 is 0 Å². The van der Waals surface area contributed by atoms with Gasteiger partial charge in [0, 0.05) is 17.3 Å². The Morgan fingerprint density at radius 1 is 1.08 bits per heavy atom.